The monoisotopic (exact) mass is 621 g/mol. The molecule has 0 saturated carbocycles. The minimum Gasteiger partial charge on any atom is -0.308 e. The zero-order valence-electron chi connectivity index (χ0n) is 26.9. The molecule has 0 bridgehead atoms. The van der Waals surface area contributed by atoms with Gasteiger partial charge in [0.15, 0.2) is 0 Å². The highest BCUT2D eigenvalue weighted by molar-refractivity contribution is 6.37. The smallest absolute Gasteiger partial charge is 0.0626 e. The van der Waals surface area contributed by atoms with Crippen molar-refractivity contribution in [1.29, 1.82) is 0 Å². The number of para-hydroxylation sites is 1. The molecular weight excluding hydrogens is 591 g/mol. The Bertz CT molecular complexity index is 3070. The van der Waals surface area contributed by atoms with E-state index in [2.05, 4.69) is 174 Å². The molecule has 8 aromatic carbocycles. The highest BCUT2D eigenvalue weighted by Gasteiger charge is 2.32. The number of aromatic nitrogens is 1. The Hall–Kier alpha value is -6.18. The summed E-state index contributed by atoms with van der Waals surface area (Å²) in [4.78, 5) is 0. The van der Waals surface area contributed by atoms with E-state index in [0.29, 0.717) is 0 Å². The molecule has 2 aliphatic rings. The fourth-order valence-corrected chi connectivity index (χ4v) is 9.13. The second kappa shape index (κ2) is 10.2. The van der Waals surface area contributed by atoms with E-state index in [4.69, 9.17) is 0 Å². The van der Waals surface area contributed by atoms with Gasteiger partial charge >= 0.3 is 0 Å². The van der Waals surface area contributed by atoms with Crippen molar-refractivity contribution in [2.75, 3.05) is 0 Å². The van der Waals surface area contributed by atoms with E-state index in [1.165, 1.54) is 97.7 Å². The van der Waals surface area contributed by atoms with E-state index in [0.717, 1.165) is 6.42 Å². The Labute approximate surface area is 283 Å². The molecular formula is C48H31N. The van der Waals surface area contributed by atoms with E-state index in [-0.39, 0.29) is 5.92 Å². The summed E-state index contributed by atoms with van der Waals surface area (Å²) in [6, 6.07) is 56.4. The molecule has 1 atom stereocenters. The first kappa shape index (κ1) is 26.8. The van der Waals surface area contributed by atoms with Gasteiger partial charge in [0.1, 0.15) is 0 Å². The summed E-state index contributed by atoms with van der Waals surface area (Å²) >= 11 is 0. The molecule has 0 saturated heterocycles. The third-order valence-electron chi connectivity index (χ3n) is 11.1. The van der Waals surface area contributed by atoms with E-state index in [1.54, 1.807) is 0 Å². The van der Waals surface area contributed by atoms with Crippen molar-refractivity contribution < 1.29 is 0 Å². The van der Waals surface area contributed by atoms with E-state index in [9.17, 15) is 0 Å². The molecule has 0 spiro atoms. The largest absolute Gasteiger partial charge is 0.308 e. The number of hydrogen-bond donors (Lipinski definition) is 0. The fraction of sp³-hybridized carbons (Fsp3) is 0.0417. The molecule has 1 nitrogen and oxygen atoms in total. The number of benzene rings is 8. The standard InChI is InChI=1S/C48H31N/c1-3-17-32-30(14-1)16-13-26-35(32)44-36-20-6-9-23-40(36)47(41-24-10-7-21-37(41)44)49-43-27-12-11-25-42(43)46-45-33-18-4-2-15-31(33)28-29-38(45)34-19-5-8-22-39(34)48(46)49/h1-20,22-29,37H,21H2. The molecule has 9 aromatic rings. The van der Waals surface area contributed by atoms with Crippen molar-refractivity contribution >= 4 is 76.2 Å². The van der Waals surface area contributed by atoms with Gasteiger partial charge in [-0.05, 0) is 66.7 Å². The second-order valence-electron chi connectivity index (χ2n) is 13.5. The zero-order valence-corrected chi connectivity index (χ0v) is 26.9. The van der Waals surface area contributed by atoms with Crippen LogP contribution in [-0.4, -0.2) is 4.57 Å². The van der Waals surface area contributed by atoms with Gasteiger partial charge < -0.3 is 4.57 Å². The van der Waals surface area contributed by atoms with Crippen LogP contribution < -0.4 is 10.4 Å². The van der Waals surface area contributed by atoms with Crippen molar-refractivity contribution in [2.24, 2.45) is 5.92 Å². The summed E-state index contributed by atoms with van der Waals surface area (Å²) in [7, 11) is 0. The van der Waals surface area contributed by atoms with Crippen LogP contribution in [0.1, 0.15) is 12.0 Å². The van der Waals surface area contributed by atoms with Crippen LogP contribution in [0.4, 0.5) is 0 Å². The number of hydrogen-bond acceptors (Lipinski definition) is 0. The first-order valence-corrected chi connectivity index (χ1v) is 17.3. The molecule has 49 heavy (non-hydrogen) atoms. The van der Waals surface area contributed by atoms with Crippen molar-refractivity contribution in [2.45, 2.75) is 6.42 Å². The van der Waals surface area contributed by atoms with Gasteiger partial charge in [-0.3, -0.25) is 0 Å². The quantitative estimate of drug-likeness (QED) is 0.169. The van der Waals surface area contributed by atoms with Gasteiger partial charge in [-0.2, -0.15) is 0 Å². The van der Waals surface area contributed by atoms with Crippen LogP contribution >= 0.6 is 0 Å². The minimum absolute atomic E-state index is 0.226. The predicted molar refractivity (Wildman–Crippen MR) is 208 cm³/mol. The number of nitrogens with zero attached hydrogens (tertiary/aromatic N) is 1. The Morgan fingerprint density at radius 2 is 1.12 bits per heavy atom. The van der Waals surface area contributed by atoms with Gasteiger partial charge in [0, 0.05) is 32.7 Å². The highest BCUT2D eigenvalue weighted by atomic mass is 15.0. The SMILES string of the molecule is C1=CCC2C(=C1)C(n1c3ccccc3c3c4c5ccccc5ccc4c4ccccc4c31)=c1ccccc1=C2c1cccc2ccccc12. The average Bonchev–Trinajstić information content (AvgIpc) is 3.51. The maximum Gasteiger partial charge on any atom is 0.0626 e. The van der Waals surface area contributed by atoms with E-state index < -0.39 is 0 Å². The summed E-state index contributed by atoms with van der Waals surface area (Å²) < 4.78 is 2.63. The molecule has 228 valence electrons. The van der Waals surface area contributed by atoms with Crippen LogP contribution in [0.3, 0.4) is 0 Å². The van der Waals surface area contributed by atoms with Crippen LogP contribution in [0.25, 0.3) is 76.2 Å². The van der Waals surface area contributed by atoms with Crippen LogP contribution in [0.5, 0.6) is 0 Å². The summed E-state index contributed by atoms with van der Waals surface area (Å²) in [5, 5.41) is 15.6. The van der Waals surface area contributed by atoms with Crippen molar-refractivity contribution in [3.05, 3.63) is 191 Å². The summed E-state index contributed by atoms with van der Waals surface area (Å²) in [5.41, 5.74) is 7.97. The van der Waals surface area contributed by atoms with E-state index in [1.807, 2.05) is 0 Å². The summed E-state index contributed by atoms with van der Waals surface area (Å²) in [6.07, 6.45) is 7.98. The van der Waals surface area contributed by atoms with Crippen molar-refractivity contribution in [3.8, 4) is 0 Å². The first-order chi connectivity index (χ1) is 24.4. The van der Waals surface area contributed by atoms with Gasteiger partial charge in [0.05, 0.1) is 16.7 Å². The molecule has 0 fully saturated rings. The summed E-state index contributed by atoms with van der Waals surface area (Å²) in [6.45, 7) is 0. The van der Waals surface area contributed by atoms with Gasteiger partial charge in [0.2, 0.25) is 0 Å². The predicted octanol–water partition coefficient (Wildman–Crippen LogP) is 10.8. The third-order valence-corrected chi connectivity index (χ3v) is 11.1. The molecule has 1 heterocycles. The molecule has 11 rings (SSSR count). The normalized spacial score (nSPS) is 15.8. The number of fused-ring (bicyclic) bond motifs is 13. The average molecular weight is 622 g/mol. The van der Waals surface area contributed by atoms with Crippen LogP contribution in [0, 0.1) is 5.92 Å². The number of allylic oxidation sites excluding steroid dienone is 4. The number of rotatable bonds is 2. The topological polar surface area (TPSA) is 4.93 Å². The fourth-order valence-electron chi connectivity index (χ4n) is 9.13. The molecule has 1 aromatic heterocycles. The van der Waals surface area contributed by atoms with Gasteiger partial charge in [-0.15, -0.1) is 0 Å². The molecule has 0 aliphatic heterocycles. The lowest BCUT2D eigenvalue weighted by Crippen LogP contribution is -2.39. The Balaban J connectivity index is 1.42. The van der Waals surface area contributed by atoms with Crippen molar-refractivity contribution in [3.63, 3.8) is 0 Å². The molecule has 2 aliphatic carbocycles. The molecule has 1 unspecified atom stereocenters. The van der Waals surface area contributed by atoms with Crippen LogP contribution in [-0.2, 0) is 0 Å². The lowest BCUT2D eigenvalue weighted by atomic mass is 9.75. The van der Waals surface area contributed by atoms with Crippen LogP contribution in [0.2, 0.25) is 0 Å². The van der Waals surface area contributed by atoms with Gasteiger partial charge in [-0.25, -0.2) is 0 Å². The van der Waals surface area contributed by atoms with Crippen molar-refractivity contribution in [1.82, 2.24) is 4.57 Å². The van der Waals surface area contributed by atoms with Crippen LogP contribution in [0.15, 0.2) is 175 Å². The highest BCUT2D eigenvalue weighted by Crippen LogP contribution is 2.47. The minimum atomic E-state index is 0.226. The molecule has 0 radical (unpaired) electrons. The Morgan fingerprint density at radius 3 is 1.98 bits per heavy atom. The second-order valence-corrected chi connectivity index (χ2v) is 13.5. The zero-order chi connectivity index (χ0) is 32.1. The molecule has 0 amide bonds. The van der Waals surface area contributed by atoms with E-state index >= 15 is 0 Å². The first-order valence-electron chi connectivity index (χ1n) is 17.3. The van der Waals surface area contributed by atoms with Gasteiger partial charge in [-0.1, -0.05) is 164 Å². The lowest BCUT2D eigenvalue weighted by molar-refractivity contribution is 0.787. The molecule has 0 N–H and O–H groups in total. The Morgan fingerprint density at radius 1 is 0.469 bits per heavy atom. The lowest BCUT2D eigenvalue weighted by Gasteiger charge is -2.32. The summed E-state index contributed by atoms with van der Waals surface area (Å²) in [5.74, 6) is 0.226. The Kier molecular flexibility index (Phi) is 5.57. The molecule has 1 heteroatoms. The maximum absolute atomic E-state index is 2.63. The third kappa shape index (κ3) is 3.65. The van der Waals surface area contributed by atoms with Gasteiger partial charge in [0.25, 0.3) is 0 Å². The maximum atomic E-state index is 2.63.